The third kappa shape index (κ3) is 9.53. The molecule has 1 rings (SSSR count). The predicted molar refractivity (Wildman–Crippen MR) is 126 cm³/mol. The molecule has 0 aliphatic heterocycles. The normalized spacial score (nSPS) is 13.6. The zero-order valence-corrected chi connectivity index (χ0v) is 20.5. The highest BCUT2D eigenvalue weighted by Gasteiger charge is 2.39. The number of esters is 1. The van der Waals surface area contributed by atoms with Gasteiger partial charge in [-0.2, -0.15) is 0 Å². The van der Waals surface area contributed by atoms with Gasteiger partial charge in [0.15, 0.2) is 0 Å². The Labute approximate surface area is 200 Å². The van der Waals surface area contributed by atoms with Crippen LogP contribution in [0.25, 0.3) is 0 Å². The van der Waals surface area contributed by atoms with E-state index >= 15 is 0 Å². The van der Waals surface area contributed by atoms with Gasteiger partial charge in [-0.15, -0.1) is 0 Å². The third-order valence-corrected chi connectivity index (χ3v) is 4.31. The summed E-state index contributed by atoms with van der Waals surface area (Å²) in [6.45, 7) is 9.10. The van der Waals surface area contributed by atoms with Crippen LogP contribution in [0.4, 0.5) is 4.79 Å². The summed E-state index contributed by atoms with van der Waals surface area (Å²) in [5.41, 5.74) is -2.69. The predicted octanol–water partition coefficient (Wildman–Crippen LogP) is 1.36. The van der Waals surface area contributed by atoms with Crippen LogP contribution in [0.15, 0.2) is 24.3 Å². The fourth-order valence-electron chi connectivity index (χ4n) is 2.52. The molecule has 9 heteroatoms. The van der Waals surface area contributed by atoms with Crippen molar-refractivity contribution >= 4 is 18.0 Å². The second kappa shape index (κ2) is 11.6. The largest absolute Gasteiger partial charge is 0.467 e. The molecule has 0 saturated carbocycles. The molecule has 2 amide bonds. The fourth-order valence-corrected chi connectivity index (χ4v) is 2.52. The molecule has 0 saturated heterocycles. The topological polar surface area (TPSA) is 134 Å². The van der Waals surface area contributed by atoms with E-state index in [9.17, 15) is 19.5 Å². The Balaban J connectivity index is 2.98. The van der Waals surface area contributed by atoms with Crippen LogP contribution in [0, 0.1) is 23.7 Å². The van der Waals surface area contributed by atoms with E-state index in [0.29, 0.717) is 5.56 Å². The minimum absolute atomic E-state index is 0.252. The highest BCUT2D eigenvalue weighted by Crippen LogP contribution is 2.15. The molecule has 0 fully saturated rings. The highest BCUT2D eigenvalue weighted by atomic mass is 16.6. The van der Waals surface area contributed by atoms with Crippen molar-refractivity contribution in [3.8, 4) is 23.7 Å². The minimum atomic E-state index is -1.53. The molecule has 0 spiro atoms. The van der Waals surface area contributed by atoms with Crippen LogP contribution in [0.5, 0.6) is 0 Å². The van der Waals surface area contributed by atoms with E-state index in [0.717, 1.165) is 0 Å². The molecule has 0 aliphatic carbocycles. The first kappa shape index (κ1) is 28.5. The van der Waals surface area contributed by atoms with Crippen molar-refractivity contribution < 1.29 is 34.1 Å². The molecule has 0 radical (unpaired) electrons. The van der Waals surface area contributed by atoms with Crippen LogP contribution in [0.3, 0.4) is 0 Å². The number of carbonyl (C=O) groups is 3. The first-order chi connectivity index (χ1) is 15.6. The number of aliphatic hydroxyl groups excluding tert-OH is 1. The molecule has 0 bridgehead atoms. The zero-order chi connectivity index (χ0) is 26.2. The molecular formula is C25H32N2O7. The Morgan fingerprint density at radius 3 is 2.12 bits per heavy atom. The van der Waals surface area contributed by atoms with E-state index in [1.807, 2.05) is 0 Å². The van der Waals surface area contributed by atoms with Gasteiger partial charge in [0.1, 0.15) is 17.2 Å². The molecule has 9 nitrogen and oxygen atoms in total. The second-order valence-corrected chi connectivity index (χ2v) is 9.29. The number of methoxy groups -OCH3 is 1. The van der Waals surface area contributed by atoms with Crippen molar-refractivity contribution in [1.82, 2.24) is 10.6 Å². The lowest BCUT2D eigenvalue weighted by Crippen LogP contribution is -2.62. The number of nitrogens with one attached hydrogen (secondary N) is 2. The number of benzene rings is 1. The Morgan fingerprint density at radius 2 is 1.62 bits per heavy atom. The lowest BCUT2D eigenvalue weighted by atomic mass is 9.94. The molecule has 1 unspecified atom stereocenters. The van der Waals surface area contributed by atoms with Crippen molar-refractivity contribution in [3.05, 3.63) is 35.4 Å². The summed E-state index contributed by atoms with van der Waals surface area (Å²) in [4.78, 5) is 37.4. The lowest BCUT2D eigenvalue weighted by Gasteiger charge is -2.34. The summed E-state index contributed by atoms with van der Waals surface area (Å²) in [6, 6.07) is 5.00. The molecule has 1 aromatic carbocycles. The maximum absolute atomic E-state index is 12.8. The Bertz CT molecular complexity index is 1010. The SMILES string of the molecule is COC(=O)[C@@H](NC(=O)c1ccc(C#CC#CC(C)(O)CO)cc1)C(C)(C)NC(=O)OC(C)(C)C. The van der Waals surface area contributed by atoms with Crippen LogP contribution >= 0.6 is 0 Å². The number of hydrogen-bond acceptors (Lipinski definition) is 7. The molecule has 34 heavy (non-hydrogen) atoms. The van der Waals surface area contributed by atoms with Crippen molar-refractivity contribution in [1.29, 1.82) is 0 Å². The quantitative estimate of drug-likeness (QED) is 0.363. The van der Waals surface area contributed by atoms with Gasteiger partial charge in [-0.05, 0) is 77.6 Å². The van der Waals surface area contributed by atoms with Gasteiger partial charge in [-0.25, -0.2) is 9.59 Å². The number of aliphatic hydroxyl groups is 2. The first-order valence-corrected chi connectivity index (χ1v) is 10.5. The van der Waals surface area contributed by atoms with Crippen LogP contribution in [0.1, 0.15) is 57.5 Å². The lowest BCUT2D eigenvalue weighted by molar-refractivity contribution is -0.144. The average molecular weight is 473 g/mol. The van der Waals surface area contributed by atoms with Crippen molar-refractivity contribution in [3.63, 3.8) is 0 Å². The Hall–Kier alpha value is -3.53. The van der Waals surface area contributed by atoms with Crippen LogP contribution in [-0.2, 0) is 14.3 Å². The maximum Gasteiger partial charge on any atom is 0.408 e. The summed E-state index contributed by atoms with van der Waals surface area (Å²) < 4.78 is 10.1. The summed E-state index contributed by atoms with van der Waals surface area (Å²) in [7, 11) is 1.18. The summed E-state index contributed by atoms with van der Waals surface area (Å²) >= 11 is 0. The summed E-state index contributed by atoms with van der Waals surface area (Å²) in [6.07, 6.45) is -0.743. The third-order valence-electron chi connectivity index (χ3n) is 4.31. The van der Waals surface area contributed by atoms with Gasteiger partial charge in [-0.1, -0.05) is 11.8 Å². The van der Waals surface area contributed by atoms with E-state index in [1.54, 1.807) is 46.8 Å². The smallest absolute Gasteiger partial charge is 0.408 e. The number of ether oxygens (including phenoxy) is 2. The minimum Gasteiger partial charge on any atom is -0.467 e. The van der Waals surface area contributed by atoms with Crippen LogP contribution in [-0.4, -0.2) is 64.7 Å². The molecular weight excluding hydrogens is 440 g/mol. The second-order valence-electron chi connectivity index (χ2n) is 9.29. The first-order valence-electron chi connectivity index (χ1n) is 10.5. The van der Waals surface area contributed by atoms with Gasteiger partial charge in [0.05, 0.1) is 19.3 Å². The number of hydrogen-bond donors (Lipinski definition) is 4. The molecule has 0 aromatic heterocycles. The van der Waals surface area contributed by atoms with E-state index < -0.39 is 47.4 Å². The van der Waals surface area contributed by atoms with Gasteiger partial charge in [0, 0.05) is 11.1 Å². The Kier molecular flexibility index (Phi) is 9.69. The average Bonchev–Trinajstić information content (AvgIpc) is 2.72. The standard InChI is InChI=1S/C25H32N2O7/c1-23(2,3)34-22(31)27-24(4,5)19(21(30)33-7)26-20(29)18-13-11-17(12-14-18)10-8-9-15-25(6,32)16-28/h11-14,19,28,32H,16H2,1-7H3,(H,26,29)(H,27,31)/t19-,25?/m1/s1. The molecule has 2 atom stereocenters. The molecule has 0 aliphatic rings. The maximum atomic E-state index is 12.8. The van der Waals surface area contributed by atoms with E-state index in [2.05, 4.69) is 34.3 Å². The number of amides is 2. The van der Waals surface area contributed by atoms with E-state index in [-0.39, 0.29) is 5.56 Å². The summed E-state index contributed by atoms with van der Waals surface area (Å²) in [5.74, 6) is 8.88. The van der Waals surface area contributed by atoms with E-state index in [4.69, 9.17) is 14.6 Å². The van der Waals surface area contributed by atoms with Gasteiger partial charge >= 0.3 is 12.1 Å². The van der Waals surface area contributed by atoms with Crippen LogP contribution < -0.4 is 10.6 Å². The van der Waals surface area contributed by atoms with Gasteiger partial charge in [0.25, 0.3) is 5.91 Å². The molecule has 1 aromatic rings. The number of alkyl carbamates (subject to hydrolysis) is 1. The zero-order valence-electron chi connectivity index (χ0n) is 20.5. The van der Waals surface area contributed by atoms with Crippen LogP contribution in [0.2, 0.25) is 0 Å². The monoisotopic (exact) mass is 472 g/mol. The Morgan fingerprint density at radius 1 is 1.03 bits per heavy atom. The van der Waals surface area contributed by atoms with Gasteiger partial charge < -0.3 is 30.3 Å². The number of carbonyl (C=O) groups excluding carboxylic acids is 3. The molecule has 184 valence electrons. The van der Waals surface area contributed by atoms with Crippen molar-refractivity contribution in [2.24, 2.45) is 0 Å². The number of rotatable bonds is 6. The molecule has 0 heterocycles. The highest BCUT2D eigenvalue weighted by molar-refractivity contribution is 5.97. The van der Waals surface area contributed by atoms with Crippen molar-refractivity contribution in [2.75, 3.05) is 13.7 Å². The van der Waals surface area contributed by atoms with Crippen molar-refractivity contribution in [2.45, 2.75) is 64.3 Å². The summed E-state index contributed by atoms with van der Waals surface area (Å²) in [5, 5.41) is 23.7. The van der Waals surface area contributed by atoms with Gasteiger partial charge in [0.2, 0.25) is 0 Å². The van der Waals surface area contributed by atoms with Gasteiger partial charge in [-0.3, -0.25) is 4.79 Å². The van der Waals surface area contributed by atoms with E-state index in [1.165, 1.54) is 26.2 Å². The molecule has 4 N–H and O–H groups in total. The fraction of sp³-hybridized carbons (Fsp3) is 0.480.